The number of carbonyl (C=O) groups is 1. The van der Waals surface area contributed by atoms with Crippen LogP contribution in [0, 0.1) is 17.2 Å². The van der Waals surface area contributed by atoms with Gasteiger partial charge < -0.3 is 9.47 Å². The number of piperazine rings is 1. The second kappa shape index (κ2) is 12.6. The molecule has 5 rings (SSSR count). The molecule has 38 heavy (non-hydrogen) atoms. The van der Waals surface area contributed by atoms with Gasteiger partial charge in [0.15, 0.2) is 0 Å². The van der Waals surface area contributed by atoms with Crippen molar-refractivity contribution in [3.63, 3.8) is 0 Å². The summed E-state index contributed by atoms with van der Waals surface area (Å²) in [6.07, 6.45) is 11.0. The summed E-state index contributed by atoms with van der Waals surface area (Å²) in [5.74, 6) is 0.708. The molecule has 0 spiro atoms. The number of alkyl halides is 1. The van der Waals surface area contributed by atoms with Crippen LogP contribution in [0.15, 0.2) is 61.1 Å². The van der Waals surface area contributed by atoms with Gasteiger partial charge in [0.05, 0.1) is 23.7 Å². The smallest absolute Gasteiger partial charge is 0.253 e. The molecule has 2 heterocycles. The Kier molecular flexibility index (Phi) is 8.78. The molecule has 0 bridgehead atoms. The number of carbonyl (C=O) groups excluding carboxylic acids is 1. The number of halogens is 1. The fraction of sp³-hybridized carbons (Fsp3) is 0.452. The molecule has 2 fully saturated rings. The minimum atomic E-state index is 0.112. The average molecular weight is 530 g/mol. The molecule has 2 aromatic carbocycles. The molecule has 198 valence electrons. The first-order valence-corrected chi connectivity index (χ1v) is 14.3. The molecule has 1 atom stereocenters. The van der Waals surface area contributed by atoms with Crippen molar-refractivity contribution in [2.24, 2.45) is 5.92 Å². The number of nitriles is 1. The van der Waals surface area contributed by atoms with E-state index in [0.29, 0.717) is 24.6 Å². The van der Waals surface area contributed by atoms with Crippen molar-refractivity contribution >= 4 is 17.5 Å². The van der Waals surface area contributed by atoms with E-state index in [2.05, 4.69) is 32.7 Å². The van der Waals surface area contributed by atoms with Gasteiger partial charge >= 0.3 is 0 Å². The van der Waals surface area contributed by atoms with Gasteiger partial charge in [0.25, 0.3) is 5.91 Å². The van der Waals surface area contributed by atoms with Crippen LogP contribution >= 0.6 is 11.6 Å². The van der Waals surface area contributed by atoms with E-state index < -0.39 is 0 Å². The highest BCUT2D eigenvalue weighted by molar-refractivity contribution is 6.20. The number of aromatic nitrogens is 2. The van der Waals surface area contributed by atoms with Crippen molar-refractivity contribution in [2.75, 3.05) is 26.2 Å². The lowest BCUT2D eigenvalue weighted by Crippen LogP contribution is -2.48. The maximum Gasteiger partial charge on any atom is 0.253 e. The Morgan fingerprint density at radius 1 is 1.00 bits per heavy atom. The summed E-state index contributed by atoms with van der Waals surface area (Å²) in [6, 6.07) is 17.9. The topological polar surface area (TPSA) is 65.2 Å². The van der Waals surface area contributed by atoms with E-state index in [4.69, 9.17) is 16.9 Å². The van der Waals surface area contributed by atoms with Gasteiger partial charge in [0.1, 0.15) is 0 Å². The van der Waals surface area contributed by atoms with Gasteiger partial charge in [-0.3, -0.25) is 9.69 Å². The summed E-state index contributed by atoms with van der Waals surface area (Å²) in [5.41, 5.74) is 4.89. The highest BCUT2D eigenvalue weighted by atomic mass is 35.5. The summed E-state index contributed by atoms with van der Waals surface area (Å²) < 4.78 is 2.15. The Morgan fingerprint density at radius 2 is 1.76 bits per heavy atom. The third-order valence-corrected chi connectivity index (χ3v) is 8.56. The molecule has 1 aromatic heterocycles. The molecule has 2 aliphatic rings. The fourth-order valence-corrected chi connectivity index (χ4v) is 6.17. The zero-order chi connectivity index (χ0) is 26.3. The van der Waals surface area contributed by atoms with E-state index in [-0.39, 0.29) is 11.3 Å². The number of benzene rings is 2. The van der Waals surface area contributed by atoms with Crippen LogP contribution in [0.3, 0.4) is 0 Å². The van der Waals surface area contributed by atoms with Crippen LogP contribution in [-0.2, 0) is 19.5 Å². The van der Waals surface area contributed by atoms with Crippen LogP contribution in [0.1, 0.15) is 64.8 Å². The monoisotopic (exact) mass is 529 g/mol. The van der Waals surface area contributed by atoms with Crippen LogP contribution in [0.2, 0.25) is 0 Å². The van der Waals surface area contributed by atoms with Crippen LogP contribution in [0.4, 0.5) is 0 Å². The molecule has 3 aromatic rings. The van der Waals surface area contributed by atoms with Crippen LogP contribution in [0.5, 0.6) is 0 Å². The van der Waals surface area contributed by atoms with Crippen molar-refractivity contribution in [3.05, 3.63) is 89.0 Å². The van der Waals surface area contributed by atoms with E-state index in [0.717, 1.165) is 55.0 Å². The van der Waals surface area contributed by atoms with E-state index in [1.165, 1.54) is 32.1 Å². The Bertz CT molecular complexity index is 1250. The number of nitrogens with zero attached hydrogens (tertiary/aromatic N) is 5. The highest BCUT2D eigenvalue weighted by Gasteiger charge is 2.25. The Labute approximate surface area is 230 Å². The molecule has 0 radical (unpaired) electrons. The number of imidazole rings is 1. The van der Waals surface area contributed by atoms with Crippen molar-refractivity contribution in [1.29, 1.82) is 5.26 Å². The second-order valence-electron chi connectivity index (χ2n) is 10.7. The van der Waals surface area contributed by atoms with Crippen molar-refractivity contribution in [3.8, 4) is 6.07 Å². The predicted octanol–water partition coefficient (Wildman–Crippen LogP) is 5.49. The summed E-state index contributed by atoms with van der Waals surface area (Å²) in [5, 5.41) is 9.17. The molecule has 7 heteroatoms. The number of rotatable bonds is 8. The standard InChI is InChI=1S/C31H36ClN5O/c32-30(27-6-2-1-3-7-27)18-26-5-4-8-28(17-26)31(38)36-15-13-35(14-16-36)22-29-20-34-23-37(29)21-25-11-9-24(19-33)10-12-25/h4-5,8-12,17,20,23,27,30H,1-3,6-7,13-16,18,21-22H2. The molecule has 1 aliphatic heterocycles. The van der Waals surface area contributed by atoms with Crippen LogP contribution < -0.4 is 0 Å². The summed E-state index contributed by atoms with van der Waals surface area (Å²) in [6.45, 7) is 4.61. The zero-order valence-electron chi connectivity index (χ0n) is 21.9. The molecule has 1 saturated carbocycles. The summed E-state index contributed by atoms with van der Waals surface area (Å²) in [7, 11) is 0. The van der Waals surface area contributed by atoms with Gasteiger partial charge in [-0.15, -0.1) is 11.6 Å². The minimum absolute atomic E-state index is 0.112. The number of amides is 1. The lowest BCUT2D eigenvalue weighted by atomic mass is 9.84. The summed E-state index contributed by atoms with van der Waals surface area (Å²) in [4.78, 5) is 22.0. The van der Waals surface area contributed by atoms with Gasteiger partial charge in [-0.1, -0.05) is 43.5 Å². The van der Waals surface area contributed by atoms with E-state index >= 15 is 0 Å². The quantitative estimate of drug-likeness (QED) is 0.362. The second-order valence-corrected chi connectivity index (χ2v) is 11.3. The van der Waals surface area contributed by atoms with E-state index in [1.807, 2.05) is 53.8 Å². The predicted molar refractivity (Wildman–Crippen MR) is 150 cm³/mol. The van der Waals surface area contributed by atoms with Crippen molar-refractivity contribution in [1.82, 2.24) is 19.4 Å². The first-order chi connectivity index (χ1) is 18.6. The van der Waals surface area contributed by atoms with Crippen molar-refractivity contribution < 1.29 is 4.79 Å². The normalized spacial score (nSPS) is 17.7. The van der Waals surface area contributed by atoms with Gasteiger partial charge in [-0.05, 0) is 60.6 Å². The maximum absolute atomic E-state index is 13.3. The minimum Gasteiger partial charge on any atom is -0.336 e. The molecule has 1 aliphatic carbocycles. The van der Waals surface area contributed by atoms with E-state index in [9.17, 15) is 4.79 Å². The molecular formula is C31H36ClN5O. The van der Waals surface area contributed by atoms with Gasteiger partial charge in [0, 0.05) is 56.4 Å². The zero-order valence-corrected chi connectivity index (χ0v) is 22.7. The molecule has 1 saturated heterocycles. The third kappa shape index (κ3) is 6.64. The molecule has 1 amide bonds. The molecule has 6 nitrogen and oxygen atoms in total. The molecule has 1 unspecified atom stereocenters. The third-order valence-electron chi connectivity index (χ3n) is 8.05. The molecule has 0 N–H and O–H groups in total. The fourth-order valence-electron chi connectivity index (χ4n) is 5.74. The first kappa shape index (κ1) is 26.5. The van der Waals surface area contributed by atoms with Gasteiger partial charge in [-0.25, -0.2) is 4.98 Å². The van der Waals surface area contributed by atoms with Crippen molar-refractivity contribution in [2.45, 2.75) is 57.0 Å². The highest BCUT2D eigenvalue weighted by Crippen LogP contribution is 2.31. The first-order valence-electron chi connectivity index (χ1n) is 13.8. The molecular weight excluding hydrogens is 494 g/mol. The average Bonchev–Trinajstić information content (AvgIpc) is 3.40. The van der Waals surface area contributed by atoms with E-state index in [1.54, 1.807) is 0 Å². The Hall–Kier alpha value is -3.14. The lowest BCUT2D eigenvalue weighted by Gasteiger charge is -2.35. The maximum atomic E-state index is 13.3. The summed E-state index contributed by atoms with van der Waals surface area (Å²) >= 11 is 6.80. The number of hydrogen-bond donors (Lipinski definition) is 0. The Balaban J connectivity index is 1.13. The number of hydrogen-bond acceptors (Lipinski definition) is 4. The Morgan fingerprint density at radius 3 is 2.50 bits per heavy atom. The van der Waals surface area contributed by atoms with Gasteiger partial charge in [0.2, 0.25) is 0 Å². The van der Waals surface area contributed by atoms with Crippen LogP contribution in [-0.4, -0.2) is 56.8 Å². The SMILES string of the molecule is N#Cc1ccc(Cn2cncc2CN2CCN(C(=O)c3cccc(CC(Cl)C4CCCCC4)c3)CC2)cc1. The largest absolute Gasteiger partial charge is 0.336 e. The van der Waals surface area contributed by atoms with Gasteiger partial charge in [-0.2, -0.15) is 5.26 Å². The van der Waals surface area contributed by atoms with Crippen LogP contribution in [0.25, 0.3) is 0 Å². The lowest BCUT2D eigenvalue weighted by molar-refractivity contribution is 0.0625.